The number of aromatic nitrogens is 1. The van der Waals surface area contributed by atoms with Crippen LogP contribution in [0.2, 0.25) is 0 Å². The molecule has 0 spiro atoms. The molecular weight excluding hydrogens is 188 g/mol. The summed E-state index contributed by atoms with van der Waals surface area (Å²) in [4.78, 5) is 4.19. The number of nitrogens with two attached hydrogens (primary N) is 1. The van der Waals surface area contributed by atoms with Gasteiger partial charge in [0.1, 0.15) is 11.5 Å². The molecule has 3 heteroatoms. The van der Waals surface area contributed by atoms with E-state index < -0.39 is 0 Å². The van der Waals surface area contributed by atoms with E-state index in [-0.39, 0.29) is 0 Å². The maximum Gasteiger partial charge on any atom is 0.181 e. The van der Waals surface area contributed by atoms with E-state index in [0.29, 0.717) is 6.54 Å². The molecule has 0 saturated carbocycles. The summed E-state index contributed by atoms with van der Waals surface area (Å²) in [6, 6.07) is 8.24. The first-order chi connectivity index (χ1) is 7.31. The minimum atomic E-state index is 0.668. The lowest BCUT2D eigenvalue weighted by Crippen LogP contribution is -2.02. The van der Waals surface area contributed by atoms with Crippen LogP contribution in [0.1, 0.15) is 11.3 Å². The second kappa shape index (κ2) is 4.28. The Balaban J connectivity index is 2.37. The van der Waals surface area contributed by atoms with Crippen LogP contribution in [0.15, 0.2) is 35.1 Å². The Morgan fingerprint density at radius 2 is 2.27 bits per heavy atom. The second-order valence-corrected chi connectivity index (χ2v) is 3.50. The highest BCUT2D eigenvalue weighted by molar-refractivity contribution is 5.61. The summed E-state index contributed by atoms with van der Waals surface area (Å²) in [7, 11) is 0. The van der Waals surface area contributed by atoms with Gasteiger partial charge >= 0.3 is 0 Å². The highest BCUT2D eigenvalue weighted by atomic mass is 16.3. The van der Waals surface area contributed by atoms with E-state index in [1.807, 2.05) is 19.1 Å². The van der Waals surface area contributed by atoms with E-state index in [1.54, 1.807) is 0 Å². The molecule has 1 aromatic heterocycles. The van der Waals surface area contributed by atoms with Crippen molar-refractivity contribution in [3.8, 4) is 11.3 Å². The van der Waals surface area contributed by atoms with Gasteiger partial charge in [-0.3, -0.25) is 0 Å². The number of hydrogen-bond donors (Lipinski definition) is 1. The van der Waals surface area contributed by atoms with Gasteiger partial charge < -0.3 is 10.2 Å². The summed E-state index contributed by atoms with van der Waals surface area (Å²) in [6.07, 6.45) is 2.37. The van der Waals surface area contributed by atoms with Gasteiger partial charge in [0.2, 0.25) is 0 Å². The van der Waals surface area contributed by atoms with Gasteiger partial charge in [-0.05, 0) is 31.5 Å². The summed E-state index contributed by atoms with van der Waals surface area (Å²) >= 11 is 0. The molecule has 0 unspecified atom stereocenters. The van der Waals surface area contributed by atoms with Gasteiger partial charge in [-0.25, -0.2) is 4.98 Å². The number of oxazole rings is 1. The first-order valence-corrected chi connectivity index (χ1v) is 5.00. The third kappa shape index (κ3) is 2.07. The van der Waals surface area contributed by atoms with Gasteiger partial charge in [-0.2, -0.15) is 0 Å². The summed E-state index contributed by atoms with van der Waals surface area (Å²) in [5, 5.41) is 0. The average molecular weight is 202 g/mol. The topological polar surface area (TPSA) is 52.0 Å². The maximum absolute atomic E-state index is 5.53. The van der Waals surface area contributed by atoms with Crippen LogP contribution >= 0.6 is 0 Å². The van der Waals surface area contributed by atoms with E-state index in [9.17, 15) is 0 Å². The molecule has 1 aromatic carbocycles. The fourth-order valence-electron chi connectivity index (χ4n) is 1.62. The molecule has 0 aliphatic rings. The van der Waals surface area contributed by atoms with Crippen molar-refractivity contribution in [1.82, 2.24) is 4.98 Å². The smallest absolute Gasteiger partial charge is 0.181 e. The van der Waals surface area contributed by atoms with E-state index in [0.717, 1.165) is 23.4 Å². The molecular formula is C12H14N2O. The van der Waals surface area contributed by atoms with Gasteiger partial charge in [0.25, 0.3) is 0 Å². The second-order valence-electron chi connectivity index (χ2n) is 3.50. The predicted octanol–water partition coefficient (Wildman–Crippen LogP) is 2.15. The van der Waals surface area contributed by atoms with E-state index in [2.05, 4.69) is 17.1 Å². The standard InChI is InChI=1S/C12H14N2O/c1-9-12(14-8-15-9)11-4-2-3-10(7-11)5-6-13/h2-4,7-8H,5-6,13H2,1H3. The van der Waals surface area contributed by atoms with Crippen LogP contribution in [0.25, 0.3) is 11.3 Å². The molecule has 15 heavy (non-hydrogen) atoms. The lowest BCUT2D eigenvalue weighted by atomic mass is 10.1. The van der Waals surface area contributed by atoms with Crippen LogP contribution in [-0.4, -0.2) is 11.5 Å². The van der Waals surface area contributed by atoms with E-state index in [4.69, 9.17) is 10.2 Å². The normalized spacial score (nSPS) is 10.5. The lowest BCUT2D eigenvalue weighted by Gasteiger charge is -2.02. The molecule has 2 rings (SSSR count). The van der Waals surface area contributed by atoms with Crippen molar-refractivity contribution in [3.63, 3.8) is 0 Å². The molecule has 0 fully saturated rings. The number of nitrogens with zero attached hydrogens (tertiary/aromatic N) is 1. The Morgan fingerprint density at radius 3 is 2.93 bits per heavy atom. The molecule has 2 aromatic rings. The van der Waals surface area contributed by atoms with Crippen molar-refractivity contribution >= 4 is 0 Å². The van der Waals surface area contributed by atoms with Crippen LogP contribution in [-0.2, 0) is 6.42 Å². The molecule has 0 amide bonds. The fourth-order valence-corrected chi connectivity index (χ4v) is 1.62. The number of hydrogen-bond acceptors (Lipinski definition) is 3. The van der Waals surface area contributed by atoms with Crippen molar-refractivity contribution in [1.29, 1.82) is 0 Å². The maximum atomic E-state index is 5.53. The first-order valence-electron chi connectivity index (χ1n) is 5.00. The Hall–Kier alpha value is -1.61. The zero-order chi connectivity index (χ0) is 10.7. The largest absolute Gasteiger partial charge is 0.448 e. The van der Waals surface area contributed by atoms with Gasteiger partial charge in [0.05, 0.1) is 0 Å². The molecule has 1 heterocycles. The van der Waals surface area contributed by atoms with Gasteiger partial charge in [-0.1, -0.05) is 18.2 Å². The van der Waals surface area contributed by atoms with Gasteiger partial charge in [0.15, 0.2) is 6.39 Å². The van der Waals surface area contributed by atoms with Crippen molar-refractivity contribution in [2.75, 3.05) is 6.54 Å². The Morgan fingerprint density at radius 1 is 1.40 bits per heavy atom. The molecule has 0 atom stereocenters. The summed E-state index contributed by atoms with van der Waals surface area (Å²) in [5.74, 6) is 0.847. The SMILES string of the molecule is Cc1ocnc1-c1cccc(CCN)c1. The molecule has 2 N–H and O–H groups in total. The predicted molar refractivity (Wildman–Crippen MR) is 59.4 cm³/mol. The van der Waals surface area contributed by atoms with Crippen molar-refractivity contribution in [2.24, 2.45) is 5.73 Å². The Bertz CT molecular complexity index is 448. The molecule has 0 radical (unpaired) electrons. The third-order valence-electron chi connectivity index (χ3n) is 2.38. The summed E-state index contributed by atoms with van der Waals surface area (Å²) < 4.78 is 5.18. The lowest BCUT2D eigenvalue weighted by molar-refractivity contribution is 0.527. The minimum Gasteiger partial charge on any atom is -0.448 e. The van der Waals surface area contributed by atoms with E-state index in [1.165, 1.54) is 12.0 Å². The summed E-state index contributed by atoms with van der Waals surface area (Å²) in [5.41, 5.74) is 8.76. The molecule has 3 nitrogen and oxygen atoms in total. The highest BCUT2D eigenvalue weighted by Gasteiger charge is 2.06. The minimum absolute atomic E-state index is 0.668. The number of benzene rings is 1. The monoisotopic (exact) mass is 202 g/mol. The zero-order valence-corrected chi connectivity index (χ0v) is 8.73. The quantitative estimate of drug-likeness (QED) is 0.829. The molecule has 0 bridgehead atoms. The average Bonchev–Trinajstić information content (AvgIpc) is 2.65. The van der Waals surface area contributed by atoms with Crippen molar-refractivity contribution in [3.05, 3.63) is 42.0 Å². The molecule has 0 aliphatic carbocycles. The van der Waals surface area contributed by atoms with Crippen LogP contribution in [0.4, 0.5) is 0 Å². The highest BCUT2D eigenvalue weighted by Crippen LogP contribution is 2.22. The van der Waals surface area contributed by atoms with Crippen molar-refractivity contribution < 1.29 is 4.42 Å². The first kappa shape index (κ1) is 9.93. The molecule has 0 aliphatic heterocycles. The van der Waals surface area contributed by atoms with E-state index >= 15 is 0 Å². The van der Waals surface area contributed by atoms with Crippen molar-refractivity contribution in [2.45, 2.75) is 13.3 Å². The van der Waals surface area contributed by atoms with Gasteiger partial charge in [0, 0.05) is 5.56 Å². The molecule has 78 valence electrons. The van der Waals surface area contributed by atoms with Crippen LogP contribution < -0.4 is 5.73 Å². The zero-order valence-electron chi connectivity index (χ0n) is 8.73. The molecule has 0 saturated heterocycles. The van der Waals surface area contributed by atoms with Crippen LogP contribution in [0.5, 0.6) is 0 Å². The fraction of sp³-hybridized carbons (Fsp3) is 0.250. The van der Waals surface area contributed by atoms with Crippen LogP contribution in [0.3, 0.4) is 0 Å². The van der Waals surface area contributed by atoms with Crippen LogP contribution in [0, 0.1) is 6.92 Å². The number of aryl methyl sites for hydroxylation is 1. The Labute approximate surface area is 88.9 Å². The van der Waals surface area contributed by atoms with Gasteiger partial charge in [-0.15, -0.1) is 0 Å². The third-order valence-corrected chi connectivity index (χ3v) is 2.38. The Kier molecular flexibility index (Phi) is 2.83. The number of rotatable bonds is 3. The summed E-state index contributed by atoms with van der Waals surface area (Å²) in [6.45, 7) is 2.58.